The number of benzene rings is 2. The molecule has 0 aliphatic rings. The molecule has 4 rings (SSSR count). The number of thioether (sulfide) groups is 1. The van der Waals surface area contributed by atoms with Crippen LogP contribution in [0.15, 0.2) is 72.0 Å². The average Bonchev–Trinajstić information content (AvgIpc) is 3.06. The fourth-order valence-corrected chi connectivity index (χ4v) is 3.64. The van der Waals surface area contributed by atoms with Gasteiger partial charge in [0.1, 0.15) is 5.03 Å². The van der Waals surface area contributed by atoms with Crippen molar-refractivity contribution in [2.24, 2.45) is 0 Å². The molecule has 2 aromatic heterocycles. The molecule has 0 atom stereocenters. The second-order valence-electron chi connectivity index (χ2n) is 6.23. The summed E-state index contributed by atoms with van der Waals surface area (Å²) < 4.78 is 1.92. The van der Waals surface area contributed by atoms with Gasteiger partial charge in [-0.1, -0.05) is 71.4 Å². The minimum atomic E-state index is 0.901. The molecule has 2 aromatic carbocycles. The zero-order chi connectivity index (χ0) is 17.2. The first-order valence-corrected chi connectivity index (χ1v) is 9.27. The zero-order valence-corrected chi connectivity index (χ0v) is 15.1. The van der Waals surface area contributed by atoms with Crippen molar-refractivity contribution in [3.05, 3.63) is 83.7 Å². The van der Waals surface area contributed by atoms with Crippen LogP contribution in [0.5, 0.6) is 0 Å². The van der Waals surface area contributed by atoms with E-state index in [0.29, 0.717) is 0 Å². The van der Waals surface area contributed by atoms with Crippen LogP contribution in [-0.2, 0) is 5.75 Å². The maximum atomic E-state index is 4.70. The number of rotatable bonds is 4. The summed E-state index contributed by atoms with van der Waals surface area (Å²) in [6, 6.07) is 19.2. The smallest absolute Gasteiger partial charge is 0.122 e. The lowest BCUT2D eigenvalue weighted by Crippen LogP contribution is -1.91. The van der Waals surface area contributed by atoms with Gasteiger partial charge in [-0.3, -0.25) is 0 Å². The summed E-state index contributed by atoms with van der Waals surface area (Å²) in [5.74, 6) is 0.901. The molecule has 0 amide bonds. The topological polar surface area (TPSA) is 30.2 Å². The summed E-state index contributed by atoms with van der Waals surface area (Å²) in [7, 11) is 0. The lowest BCUT2D eigenvalue weighted by molar-refractivity contribution is 0.920. The lowest BCUT2D eigenvalue weighted by Gasteiger charge is -2.03. The Hall–Kier alpha value is -2.59. The van der Waals surface area contributed by atoms with E-state index in [4.69, 9.17) is 5.10 Å². The zero-order valence-electron chi connectivity index (χ0n) is 14.3. The van der Waals surface area contributed by atoms with Gasteiger partial charge in [0, 0.05) is 23.7 Å². The van der Waals surface area contributed by atoms with Gasteiger partial charge in [0.25, 0.3) is 0 Å². The SMILES string of the molecule is Cc1ccc(CSc2nccn3nc(-c4ccc(C)cc4)cc23)cc1. The van der Waals surface area contributed by atoms with Crippen LogP contribution in [0, 0.1) is 13.8 Å². The van der Waals surface area contributed by atoms with Gasteiger partial charge in [-0.25, -0.2) is 9.50 Å². The highest BCUT2D eigenvalue weighted by atomic mass is 32.2. The summed E-state index contributed by atoms with van der Waals surface area (Å²) in [5, 5.41) is 5.71. The van der Waals surface area contributed by atoms with Crippen LogP contribution in [0.4, 0.5) is 0 Å². The molecule has 0 spiro atoms. The van der Waals surface area contributed by atoms with Crippen molar-refractivity contribution in [1.29, 1.82) is 0 Å². The van der Waals surface area contributed by atoms with Crippen LogP contribution >= 0.6 is 11.8 Å². The van der Waals surface area contributed by atoms with Crippen LogP contribution in [0.2, 0.25) is 0 Å². The number of aryl methyl sites for hydroxylation is 2. The van der Waals surface area contributed by atoms with E-state index in [9.17, 15) is 0 Å². The summed E-state index contributed by atoms with van der Waals surface area (Å²) in [6.45, 7) is 4.20. The molecular formula is C21H19N3S. The minimum absolute atomic E-state index is 0.901. The van der Waals surface area contributed by atoms with Crippen LogP contribution in [-0.4, -0.2) is 14.6 Å². The van der Waals surface area contributed by atoms with Crippen molar-refractivity contribution in [3.8, 4) is 11.3 Å². The number of aromatic nitrogens is 3. The predicted octanol–water partition coefficient (Wildman–Crippen LogP) is 5.31. The summed E-state index contributed by atoms with van der Waals surface area (Å²) in [6.07, 6.45) is 3.72. The third-order valence-electron chi connectivity index (χ3n) is 4.20. The van der Waals surface area contributed by atoms with E-state index in [0.717, 1.165) is 27.6 Å². The van der Waals surface area contributed by atoms with Gasteiger partial charge in [-0.2, -0.15) is 5.10 Å². The van der Waals surface area contributed by atoms with E-state index in [1.165, 1.54) is 16.7 Å². The largest absolute Gasteiger partial charge is 0.246 e. The summed E-state index contributed by atoms with van der Waals surface area (Å²) >= 11 is 1.75. The Morgan fingerprint density at radius 1 is 0.920 bits per heavy atom. The second-order valence-corrected chi connectivity index (χ2v) is 7.20. The van der Waals surface area contributed by atoms with Gasteiger partial charge >= 0.3 is 0 Å². The fraction of sp³-hybridized carbons (Fsp3) is 0.143. The van der Waals surface area contributed by atoms with Crippen molar-refractivity contribution in [2.45, 2.75) is 24.6 Å². The van der Waals surface area contributed by atoms with Gasteiger partial charge < -0.3 is 0 Å². The molecule has 3 nitrogen and oxygen atoms in total. The standard InChI is InChI=1S/C21H19N3S/c1-15-3-7-17(8-4-15)14-25-21-20-13-19(23-24(20)12-11-22-21)18-9-5-16(2)6-10-18/h3-13H,14H2,1-2H3. The Balaban J connectivity index is 1.63. The Morgan fingerprint density at radius 3 is 2.32 bits per heavy atom. The van der Waals surface area contributed by atoms with Gasteiger partial charge in [-0.15, -0.1) is 0 Å². The van der Waals surface area contributed by atoms with Crippen molar-refractivity contribution in [3.63, 3.8) is 0 Å². The highest BCUT2D eigenvalue weighted by Gasteiger charge is 2.09. The fourth-order valence-electron chi connectivity index (χ4n) is 2.71. The Kier molecular flexibility index (Phi) is 4.28. The Labute approximate surface area is 151 Å². The third-order valence-corrected chi connectivity index (χ3v) is 5.26. The highest BCUT2D eigenvalue weighted by molar-refractivity contribution is 7.98. The van der Waals surface area contributed by atoms with Crippen LogP contribution in [0.1, 0.15) is 16.7 Å². The molecule has 0 aliphatic carbocycles. The molecule has 124 valence electrons. The molecule has 0 saturated carbocycles. The molecular weight excluding hydrogens is 326 g/mol. The molecule has 4 heteroatoms. The molecule has 0 unspecified atom stereocenters. The first kappa shape index (κ1) is 15.9. The molecule has 0 aliphatic heterocycles. The molecule has 4 aromatic rings. The molecule has 0 fully saturated rings. The molecule has 2 heterocycles. The lowest BCUT2D eigenvalue weighted by atomic mass is 10.1. The second kappa shape index (κ2) is 6.73. The van der Waals surface area contributed by atoms with Gasteiger partial charge in [0.15, 0.2) is 0 Å². The quantitative estimate of drug-likeness (QED) is 0.470. The average molecular weight is 345 g/mol. The molecule has 25 heavy (non-hydrogen) atoms. The molecule has 0 N–H and O–H groups in total. The van der Waals surface area contributed by atoms with Crippen molar-refractivity contribution in [1.82, 2.24) is 14.6 Å². The number of hydrogen-bond donors (Lipinski definition) is 0. The number of hydrogen-bond acceptors (Lipinski definition) is 3. The minimum Gasteiger partial charge on any atom is -0.246 e. The van der Waals surface area contributed by atoms with Gasteiger partial charge in [0.2, 0.25) is 0 Å². The summed E-state index contributed by atoms with van der Waals surface area (Å²) in [5.41, 5.74) is 7.00. The maximum Gasteiger partial charge on any atom is 0.122 e. The Morgan fingerprint density at radius 2 is 1.60 bits per heavy atom. The van der Waals surface area contributed by atoms with E-state index in [1.54, 1.807) is 11.8 Å². The maximum absolute atomic E-state index is 4.70. The first-order valence-electron chi connectivity index (χ1n) is 8.29. The predicted molar refractivity (Wildman–Crippen MR) is 104 cm³/mol. The van der Waals surface area contributed by atoms with Crippen molar-refractivity contribution >= 4 is 17.3 Å². The number of fused-ring (bicyclic) bond motifs is 1. The normalized spacial score (nSPS) is 11.1. The van der Waals surface area contributed by atoms with E-state index >= 15 is 0 Å². The summed E-state index contributed by atoms with van der Waals surface area (Å²) in [4.78, 5) is 4.56. The molecule has 0 bridgehead atoms. The van der Waals surface area contributed by atoms with Gasteiger partial charge in [0.05, 0.1) is 11.2 Å². The first-order chi connectivity index (χ1) is 12.2. The number of nitrogens with zero attached hydrogens (tertiary/aromatic N) is 3. The van der Waals surface area contributed by atoms with E-state index in [-0.39, 0.29) is 0 Å². The van der Waals surface area contributed by atoms with Gasteiger partial charge in [-0.05, 0) is 25.5 Å². The molecule has 0 radical (unpaired) electrons. The third kappa shape index (κ3) is 3.44. The Bertz CT molecular complexity index is 1000. The van der Waals surface area contributed by atoms with Crippen molar-refractivity contribution in [2.75, 3.05) is 0 Å². The monoisotopic (exact) mass is 345 g/mol. The highest BCUT2D eigenvalue weighted by Crippen LogP contribution is 2.28. The van der Waals surface area contributed by atoms with Crippen LogP contribution < -0.4 is 0 Å². The van der Waals surface area contributed by atoms with Crippen LogP contribution in [0.3, 0.4) is 0 Å². The van der Waals surface area contributed by atoms with E-state index in [2.05, 4.69) is 73.4 Å². The van der Waals surface area contributed by atoms with E-state index in [1.807, 2.05) is 16.9 Å². The van der Waals surface area contributed by atoms with E-state index < -0.39 is 0 Å². The molecule has 0 saturated heterocycles. The van der Waals surface area contributed by atoms with Crippen LogP contribution in [0.25, 0.3) is 16.8 Å². The van der Waals surface area contributed by atoms with Crippen molar-refractivity contribution < 1.29 is 0 Å².